The molecule has 0 radical (unpaired) electrons. The fraction of sp³-hybridized carbons (Fsp3) is 0.500. The summed E-state index contributed by atoms with van der Waals surface area (Å²) in [4.78, 5) is 29.6. The van der Waals surface area contributed by atoms with Gasteiger partial charge < -0.3 is 14.2 Å². The first-order valence-corrected chi connectivity index (χ1v) is 10.3. The molecule has 0 unspecified atom stereocenters. The third kappa shape index (κ3) is 7.41. The minimum Gasteiger partial charge on any atom is -0.467 e. The normalized spacial score (nSPS) is 11.5. The Labute approximate surface area is 174 Å². The molecule has 1 aromatic carbocycles. The van der Waals surface area contributed by atoms with Crippen LogP contribution in [0.3, 0.4) is 0 Å². The summed E-state index contributed by atoms with van der Waals surface area (Å²) in [6.45, 7) is 11.4. The van der Waals surface area contributed by atoms with Gasteiger partial charge in [0.05, 0.1) is 19.4 Å². The molecule has 0 bridgehead atoms. The average Bonchev–Trinajstić information content (AvgIpc) is 3.16. The molecule has 0 spiro atoms. The molecule has 1 heterocycles. The van der Waals surface area contributed by atoms with E-state index in [1.165, 1.54) is 5.56 Å². The van der Waals surface area contributed by atoms with E-state index in [1.54, 1.807) is 16.1 Å². The van der Waals surface area contributed by atoms with Crippen molar-refractivity contribution in [3.63, 3.8) is 0 Å². The first-order chi connectivity index (χ1) is 13.7. The van der Waals surface area contributed by atoms with Gasteiger partial charge in [-0.15, -0.1) is 0 Å². The molecule has 5 nitrogen and oxygen atoms in total. The molecule has 5 heteroatoms. The molecular weight excluding hydrogens is 364 g/mol. The van der Waals surface area contributed by atoms with E-state index >= 15 is 0 Å². The standard InChI is InChI=1S/C24H34N2O3/c1-19(2)16-26(23(28)24(3,4)5)18-22(27)25(17-21-12-9-15-29-21)14-13-20-10-7-6-8-11-20/h6-12,15,19H,13-14,16-18H2,1-5H3. The zero-order chi connectivity index (χ0) is 21.4. The van der Waals surface area contributed by atoms with Crippen LogP contribution in [0, 0.1) is 11.3 Å². The highest BCUT2D eigenvalue weighted by atomic mass is 16.3. The summed E-state index contributed by atoms with van der Waals surface area (Å²) in [6, 6.07) is 13.8. The van der Waals surface area contributed by atoms with Crippen LogP contribution in [0.4, 0.5) is 0 Å². The van der Waals surface area contributed by atoms with E-state index in [9.17, 15) is 9.59 Å². The van der Waals surface area contributed by atoms with Gasteiger partial charge in [0.25, 0.3) is 0 Å². The van der Waals surface area contributed by atoms with Crippen LogP contribution in [-0.2, 0) is 22.6 Å². The Hall–Kier alpha value is -2.56. The van der Waals surface area contributed by atoms with Crippen molar-refractivity contribution in [2.45, 2.75) is 47.6 Å². The van der Waals surface area contributed by atoms with Gasteiger partial charge in [0, 0.05) is 18.5 Å². The van der Waals surface area contributed by atoms with Crippen LogP contribution in [-0.4, -0.2) is 41.2 Å². The van der Waals surface area contributed by atoms with Gasteiger partial charge in [0.15, 0.2) is 0 Å². The molecule has 0 aliphatic rings. The third-order valence-electron chi connectivity index (χ3n) is 4.63. The molecule has 0 N–H and O–H groups in total. The van der Waals surface area contributed by atoms with E-state index in [2.05, 4.69) is 26.0 Å². The SMILES string of the molecule is CC(C)CN(CC(=O)N(CCc1ccccc1)Cc1ccco1)C(=O)C(C)(C)C. The largest absolute Gasteiger partial charge is 0.467 e. The Bertz CT molecular complexity index is 761. The first kappa shape index (κ1) is 22.7. The van der Waals surface area contributed by atoms with Crippen molar-refractivity contribution in [1.29, 1.82) is 0 Å². The second-order valence-electron chi connectivity index (χ2n) is 8.96. The monoisotopic (exact) mass is 398 g/mol. The van der Waals surface area contributed by atoms with Crippen LogP contribution >= 0.6 is 0 Å². The Kier molecular flexibility index (Phi) is 8.06. The highest BCUT2D eigenvalue weighted by Gasteiger charge is 2.30. The molecule has 0 saturated heterocycles. The number of nitrogens with zero attached hydrogens (tertiary/aromatic N) is 2. The number of carbonyl (C=O) groups excluding carboxylic acids is 2. The molecule has 0 atom stereocenters. The molecule has 29 heavy (non-hydrogen) atoms. The lowest BCUT2D eigenvalue weighted by atomic mass is 9.94. The second kappa shape index (κ2) is 10.3. The van der Waals surface area contributed by atoms with Gasteiger partial charge in [0.2, 0.25) is 11.8 Å². The summed E-state index contributed by atoms with van der Waals surface area (Å²) in [7, 11) is 0. The third-order valence-corrected chi connectivity index (χ3v) is 4.63. The molecule has 0 aliphatic carbocycles. The van der Waals surface area contributed by atoms with E-state index in [4.69, 9.17) is 4.42 Å². The highest BCUT2D eigenvalue weighted by Crippen LogP contribution is 2.19. The number of benzene rings is 1. The Morgan fingerprint density at radius 1 is 1.00 bits per heavy atom. The number of rotatable bonds is 9. The van der Waals surface area contributed by atoms with Gasteiger partial charge >= 0.3 is 0 Å². The maximum atomic E-state index is 13.2. The van der Waals surface area contributed by atoms with Crippen LogP contribution in [0.5, 0.6) is 0 Å². The second-order valence-corrected chi connectivity index (χ2v) is 8.96. The summed E-state index contributed by atoms with van der Waals surface area (Å²) < 4.78 is 5.46. The van der Waals surface area contributed by atoms with E-state index in [-0.39, 0.29) is 24.3 Å². The number of furan rings is 1. The van der Waals surface area contributed by atoms with E-state index in [1.807, 2.05) is 51.1 Å². The van der Waals surface area contributed by atoms with Gasteiger partial charge in [-0.25, -0.2) is 0 Å². The Morgan fingerprint density at radius 3 is 2.24 bits per heavy atom. The molecule has 2 amide bonds. The van der Waals surface area contributed by atoms with Crippen molar-refractivity contribution in [1.82, 2.24) is 9.80 Å². The summed E-state index contributed by atoms with van der Waals surface area (Å²) >= 11 is 0. The lowest BCUT2D eigenvalue weighted by molar-refractivity contribution is -0.146. The zero-order valence-corrected chi connectivity index (χ0v) is 18.4. The minimum atomic E-state index is -0.523. The van der Waals surface area contributed by atoms with Crippen molar-refractivity contribution in [3.05, 3.63) is 60.1 Å². The van der Waals surface area contributed by atoms with Crippen molar-refractivity contribution >= 4 is 11.8 Å². The van der Waals surface area contributed by atoms with Gasteiger partial charge in [0.1, 0.15) is 5.76 Å². The number of hydrogen-bond donors (Lipinski definition) is 0. The molecular formula is C24H34N2O3. The lowest BCUT2D eigenvalue weighted by Gasteiger charge is -2.32. The maximum absolute atomic E-state index is 13.2. The predicted molar refractivity (Wildman–Crippen MR) is 115 cm³/mol. The molecule has 0 aliphatic heterocycles. The predicted octanol–water partition coefficient (Wildman–Crippen LogP) is 4.38. The van der Waals surface area contributed by atoms with Gasteiger partial charge in [-0.3, -0.25) is 9.59 Å². The van der Waals surface area contributed by atoms with Crippen LogP contribution in [0.1, 0.15) is 45.9 Å². The average molecular weight is 399 g/mol. The van der Waals surface area contributed by atoms with Crippen LogP contribution < -0.4 is 0 Å². The van der Waals surface area contributed by atoms with Gasteiger partial charge in [-0.2, -0.15) is 0 Å². The van der Waals surface area contributed by atoms with E-state index in [0.29, 0.717) is 19.6 Å². The van der Waals surface area contributed by atoms with Crippen molar-refractivity contribution < 1.29 is 14.0 Å². The van der Waals surface area contributed by atoms with Gasteiger partial charge in [-0.1, -0.05) is 65.0 Å². The fourth-order valence-corrected chi connectivity index (χ4v) is 3.19. The molecule has 158 valence electrons. The molecule has 0 saturated carbocycles. The van der Waals surface area contributed by atoms with Crippen molar-refractivity contribution in [2.75, 3.05) is 19.6 Å². The Balaban J connectivity index is 2.13. The summed E-state index contributed by atoms with van der Waals surface area (Å²) in [5.74, 6) is 0.969. The molecule has 2 rings (SSSR count). The highest BCUT2D eigenvalue weighted by molar-refractivity contribution is 5.87. The van der Waals surface area contributed by atoms with Crippen molar-refractivity contribution in [2.24, 2.45) is 11.3 Å². The number of hydrogen-bond acceptors (Lipinski definition) is 3. The smallest absolute Gasteiger partial charge is 0.242 e. The topological polar surface area (TPSA) is 53.8 Å². The lowest BCUT2D eigenvalue weighted by Crippen LogP contribution is -2.48. The number of amides is 2. The van der Waals surface area contributed by atoms with Crippen molar-refractivity contribution in [3.8, 4) is 0 Å². The van der Waals surface area contributed by atoms with Crippen LogP contribution in [0.15, 0.2) is 53.1 Å². The fourth-order valence-electron chi connectivity index (χ4n) is 3.19. The summed E-state index contributed by atoms with van der Waals surface area (Å²) in [5.41, 5.74) is 0.653. The summed E-state index contributed by atoms with van der Waals surface area (Å²) in [5, 5.41) is 0. The quantitative estimate of drug-likeness (QED) is 0.630. The Morgan fingerprint density at radius 2 is 1.69 bits per heavy atom. The molecule has 2 aromatic rings. The minimum absolute atomic E-state index is 0.000517. The summed E-state index contributed by atoms with van der Waals surface area (Å²) in [6.07, 6.45) is 2.37. The zero-order valence-electron chi connectivity index (χ0n) is 18.4. The molecule has 1 aromatic heterocycles. The first-order valence-electron chi connectivity index (χ1n) is 10.3. The molecule has 0 fully saturated rings. The van der Waals surface area contributed by atoms with E-state index < -0.39 is 5.41 Å². The maximum Gasteiger partial charge on any atom is 0.242 e. The number of carbonyl (C=O) groups is 2. The van der Waals surface area contributed by atoms with Gasteiger partial charge in [-0.05, 0) is 30.0 Å². The van der Waals surface area contributed by atoms with E-state index in [0.717, 1.165) is 12.2 Å². The van der Waals surface area contributed by atoms with Crippen LogP contribution in [0.25, 0.3) is 0 Å². The van der Waals surface area contributed by atoms with Crippen LogP contribution in [0.2, 0.25) is 0 Å².